The number of aromatic nitrogens is 1. The third kappa shape index (κ3) is 6.25. The maximum Gasteiger partial charge on any atom is 0.264 e. The van der Waals surface area contributed by atoms with Gasteiger partial charge in [-0.2, -0.15) is 0 Å². The Morgan fingerprint density at radius 3 is 2.29 bits per heavy atom. The first kappa shape index (κ1) is 27.4. The van der Waals surface area contributed by atoms with E-state index in [1.807, 2.05) is 30.3 Å². The van der Waals surface area contributed by atoms with E-state index in [1.54, 1.807) is 52.3 Å². The summed E-state index contributed by atoms with van der Waals surface area (Å²) in [5.74, 6) is 0.280. The molecule has 1 saturated heterocycles. The number of benzene rings is 2. The Morgan fingerprint density at radius 2 is 1.68 bits per heavy atom. The fourth-order valence-electron chi connectivity index (χ4n) is 4.20. The number of aromatic hydroxyl groups is 1. The lowest BCUT2D eigenvalue weighted by Crippen LogP contribution is -2.46. The molecule has 0 spiro atoms. The summed E-state index contributed by atoms with van der Waals surface area (Å²) >= 11 is 0. The minimum Gasteiger partial charge on any atom is -0.506 e. The molecular formula is C28H34N4O5S. The Kier molecular flexibility index (Phi) is 7.94. The van der Waals surface area contributed by atoms with E-state index < -0.39 is 20.7 Å². The van der Waals surface area contributed by atoms with Gasteiger partial charge < -0.3 is 14.7 Å². The zero-order valence-corrected chi connectivity index (χ0v) is 23.0. The maximum absolute atomic E-state index is 12.4. The molecule has 2 aromatic carbocycles. The molecule has 38 heavy (non-hydrogen) atoms. The average molecular weight is 539 g/mol. The Bertz CT molecular complexity index is 1390. The van der Waals surface area contributed by atoms with E-state index in [0.29, 0.717) is 5.56 Å². The van der Waals surface area contributed by atoms with Crippen molar-refractivity contribution >= 4 is 21.6 Å². The summed E-state index contributed by atoms with van der Waals surface area (Å²) < 4.78 is 31.3. The van der Waals surface area contributed by atoms with Crippen LogP contribution in [0.2, 0.25) is 0 Å². The Hall–Kier alpha value is -3.63. The van der Waals surface area contributed by atoms with Crippen LogP contribution in [-0.4, -0.2) is 67.4 Å². The summed E-state index contributed by atoms with van der Waals surface area (Å²) in [6.45, 7) is 8.73. The third-order valence-electron chi connectivity index (χ3n) is 6.64. The number of hydrogen-bond acceptors (Lipinski definition) is 8. The SMILES string of the molecule is COc1cc(-c2cncc(O)c2)ccc1CN1CCN(c2ccc(C(=O)NS(=O)(=O)C(C)(C)C)cc2)CC1. The van der Waals surface area contributed by atoms with Gasteiger partial charge >= 0.3 is 0 Å². The normalized spacial score (nSPS) is 14.8. The van der Waals surface area contributed by atoms with E-state index in [-0.39, 0.29) is 5.75 Å². The second-order valence-corrected chi connectivity index (χ2v) is 12.8. The lowest BCUT2D eigenvalue weighted by molar-refractivity contribution is 0.0980. The number of pyridine rings is 1. The van der Waals surface area contributed by atoms with Crippen molar-refractivity contribution in [1.82, 2.24) is 14.6 Å². The molecule has 3 aromatic rings. The van der Waals surface area contributed by atoms with Crippen LogP contribution in [0.1, 0.15) is 36.7 Å². The average Bonchev–Trinajstić information content (AvgIpc) is 2.88. The highest BCUT2D eigenvalue weighted by Gasteiger charge is 2.31. The highest BCUT2D eigenvalue weighted by atomic mass is 32.2. The summed E-state index contributed by atoms with van der Waals surface area (Å²) in [6, 6.07) is 14.7. The van der Waals surface area contributed by atoms with Crippen molar-refractivity contribution in [2.24, 2.45) is 0 Å². The predicted octanol–water partition coefficient (Wildman–Crippen LogP) is 3.64. The molecule has 2 N–H and O–H groups in total. The summed E-state index contributed by atoms with van der Waals surface area (Å²) in [7, 11) is -2.11. The molecule has 0 saturated carbocycles. The zero-order chi connectivity index (χ0) is 27.5. The molecular weight excluding hydrogens is 504 g/mol. The van der Waals surface area contributed by atoms with E-state index in [4.69, 9.17) is 4.74 Å². The number of methoxy groups -OCH3 is 1. The number of nitrogens with one attached hydrogen (secondary N) is 1. The van der Waals surface area contributed by atoms with Crippen molar-refractivity contribution in [3.8, 4) is 22.6 Å². The first-order chi connectivity index (χ1) is 18.0. The molecule has 0 atom stereocenters. The fraction of sp³-hybridized carbons (Fsp3) is 0.357. The van der Waals surface area contributed by atoms with Gasteiger partial charge in [0, 0.05) is 61.3 Å². The number of carbonyl (C=O) groups excluding carboxylic acids is 1. The van der Waals surface area contributed by atoms with Gasteiger partial charge in [0.1, 0.15) is 11.5 Å². The summed E-state index contributed by atoms with van der Waals surface area (Å²) in [6.07, 6.45) is 3.11. The predicted molar refractivity (Wildman–Crippen MR) is 148 cm³/mol. The van der Waals surface area contributed by atoms with E-state index in [0.717, 1.165) is 60.9 Å². The maximum atomic E-state index is 12.4. The summed E-state index contributed by atoms with van der Waals surface area (Å²) in [5.41, 5.74) is 4.12. The van der Waals surface area contributed by atoms with Crippen LogP contribution in [0.25, 0.3) is 11.1 Å². The highest BCUT2D eigenvalue weighted by molar-refractivity contribution is 7.91. The third-order valence-corrected chi connectivity index (χ3v) is 8.70. The standard InChI is InChI=1S/C28H34N4O5S/c1-28(2,3)38(35,36)30-27(34)20-7-9-24(10-8-20)32-13-11-31(12-14-32)19-22-6-5-21(16-26(22)37-4)23-15-25(33)18-29-17-23/h5-10,15-18,33H,11-14,19H2,1-4H3,(H,30,34). The molecule has 1 aliphatic heterocycles. The number of amides is 1. The molecule has 0 aliphatic carbocycles. The molecule has 9 nitrogen and oxygen atoms in total. The van der Waals surface area contributed by atoms with Crippen molar-refractivity contribution < 1.29 is 23.1 Å². The largest absolute Gasteiger partial charge is 0.506 e. The van der Waals surface area contributed by atoms with Gasteiger partial charge in [0.15, 0.2) is 0 Å². The van der Waals surface area contributed by atoms with Gasteiger partial charge in [0.2, 0.25) is 10.0 Å². The highest BCUT2D eigenvalue weighted by Crippen LogP contribution is 2.30. The first-order valence-electron chi connectivity index (χ1n) is 12.4. The fourth-order valence-corrected chi connectivity index (χ4v) is 4.87. The Balaban J connectivity index is 1.35. The minimum absolute atomic E-state index is 0.120. The Labute approximate surface area is 224 Å². The lowest BCUT2D eigenvalue weighted by Gasteiger charge is -2.36. The summed E-state index contributed by atoms with van der Waals surface area (Å²) in [4.78, 5) is 21.1. The van der Waals surface area contributed by atoms with Crippen molar-refractivity contribution in [2.45, 2.75) is 32.1 Å². The van der Waals surface area contributed by atoms with E-state index in [9.17, 15) is 18.3 Å². The van der Waals surface area contributed by atoms with Crippen molar-refractivity contribution in [3.63, 3.8) is 0 Å². The number of anilines is 1. The van der Waals surface area contributed by atoms with Crippen LogP contribution in [0.3, 0.4) is 0 Å². The van der Waals surface area contributed by atoms with Crippen LogP contribution in [0, 0.1) is 0 Å². The van der Waals surface area contributed by atoms with E-state index in [2.05, 4.69) is 19.5 Å². The number of rotatable bonds is 7. The van der Waals surface area contributed by atoms with Crippen LogP contribution in [0.5, 0.6) is 11.5 Å². The molecule has 1 aliphatic rings. The molecule has 1 amide bonds. The van der Waals surface area contributed by atoms with Crippen molar-refractivity contribution in [3.05, 3.63) is 72.1 Å². The number of sulfonamides is 1. The van der Waals surface area contributed by atoms with Crippen LogP contribution >= 0.6 is 0 Å². The number of nitrogens with zero attached hydrogens (tertiary/aromatic N) is 3. The molecule has 0 radical (unpaired) electrons. The summed E-state index contributed by atoms with van der Waals surface area (Å²) in [5, 5.41) is 9.74. The quantitative estimate of drug-likeness (QED) is 0.469. The molecule has 0 unspecified atom stereocenters. The van der Waals surface area contributed by atoms with E-state index in [1.165, 1.54) is 6.20 Å². The van der Waals surface area contributed by atoms with Crippen LogP contribution in [-0.2, 0) is 16.6 Å². The van der Waals surface area contributed by atoms with Gasteiger partial charge in [0.05, 0.1) is 18.1 Å². The zero-order valence-electron chi connectivity index (χ0n) is 22.1. The lowest BCUT2D eigenvalue weighted by atomic mass is 10.0. The molecule has 0 bridgehead atoms. The molecule has 10 heteroatoms. The molecule has 2 heterocycles. The van der Waals surface area contributed by atoms with E-state index >= 15 is 0 Å². The first-order valence-corrected chi connectivity index (χ1v) is 13.9. The topological polar surface area (TPSA) is 112 Å². The minimum atomic E-state index is -3.77. The van der Waals surface area contributed by atoms with Gasteiger partial charge in [-0.1, -0.05) is 12.1 Å². The van der Waals surface area contributed by atoms with Gasteiger partial charge in [-0.3, -0.25) is 14.7 Å². The number of ether oxygens (including phenoxy) is 1. The number of hydrogen-bond donors (Lipinski definition) is 2. The van der Waals surface area contributed by atoms with Crippen molar-refractivity contribution in [2.75, 3.05) is 38.2 Å². The van der Waals surface area contributed by atoms with Crippen molar-refractivity contribution in [1.29, 1.82) is 0 Å². The molecule has 4 rings (SSSR count). The number of carbonyl (C=O) groups is 1. The smallest absolute Gasteiger partial charge is 0.264 e. The monoisotopic (exact) mass is 538 g/mol. The molecule has 1 fully saturated rings. The second kappa shape index (κ2) is 11.0. The van der Waals surface area contributed by atoms with Gasteiger partial charge in [-0.05, 0) is 62.7 Å². The molecule has 1 aromatic heterocycles. The van der Waals surface area contributed by atoms with Crippen LogP contribution in [0.4, 0.5) is 5.69 Å². The van der Waals surface area contributed by atoms with Crippen LogP contribution < -0.4 is 14.4 Å². The van der Waals surface area contributed by atoms with Gasteiger partial charge in [-0.25, -0.2) is 13.1 Å². The van der Waals surface area contributed by atoms with Crippen LogP contribution in [0.15, 0.2) is 60.9 Å². The Morgan fingerprint density at radius 1 is 1.00 bits per heavy atom. The van der Waals surface area contributed by atoms with Gasteiger partial charge in [0.25, 0.3) is 5.91 Å². The second-order valence-electron chi connectivity index (χ2n) is 10.3. The molecule has 202 valence electrons. The van der Waals surface area contributed by atoms with Gasteiger partial charge in [-0.15, -0.1) is 0 Å². The number of piperazine rings is 1.